The molecule has 222 valence electrons. The third-order valence-electron chi connectivity index (χ3n) is 5.35. The van der Waals surface area contributed by atoms with Crippen molar-refractivity contribution in [1.82, 2.24) is 0 Å². The maximum atomic E-state index is 11.5. The Balaban J connectivity index is 3.07. The van der Waals surface area contributed by atoms with E-state index in [1.54, 1.807) is 0 Å². The molecule has 0 radical (unpaired) electrons. The van der Waals surface area contributed by atoms with Gasteiger partial charge in [-0.2, -0.15) is 0 Å². The summed E-state index contributed by atoms with van der Waals surface area (Å²) in [5, 5.41) is 0. The second-order valence-electron chi connectivity index (χ2n) is 8.73. The van der Waals surface area contributed by atoms with Crippen LogP contribution in [0.2, 0.25) is 0 Å². The number of hydrogen-bond donors (Lipinski definition) is 0. The highest BCUT2D eigenvalue weighted by Crippen LogP contribution is 2.03. The molecule has 0 spiro atoms. The molecule has 0 fully saturated rings. The fourth-order valence-corrected chi connectivity index (χ4v) is 3.21. The summed E-state index contributed by atoms with van der Waals surface area (Å²) in [7, 11) is 0. The number of unbranched alkanes of at least 4 members (excludes halogenated alkanes) is 7. The SMILES string of the molecule is CCCCCCCOCCOCCOCCOCCOCCOCCOCCOC(=O)CCCCCC. The van der Waals surface area contributed by atoms with E-state index < -0.39 is 0 Å². The number of carbonyl (C=O) groups excluding carboxylic acids is 1. The molecular formula is C28H56O9. The summed E-state index contributed by atoms with van der Waals surface area (Å²) in [6.45, 7) is 12.4. The van der Waals surface area contributed by atoms with Crippen molar-refractivity contribution >= 4 is 5.97 Å². The van der Waals surface area contributed by atoms with Crippen LogP contribution in [0.5, 0.6) is 0 Å². The van der Waals surface area contributed by atoms with E-state index in [1.165, 1.54) is 25.7 Å². The molecule has 0 aliphatic carbocycles. The van der Waals surface area contributed by atoms with Crippen molar-refractivity contribution in [3.05, 3.63) is 0 Å². The molecule has 0 aromatic heterocycles. The fourth-order valence-electron chi connectivity index (χ4n) is 3.21. The van der Waals surface area contributed by atoms with Gasteiger partial charge in [0.05, 0.1) is 85.9 Å². The van der Waals surface area contributed by atoms with E-state index in [-0.39, 0.29) is 5.97 Å². The van der Waals surface area contributed by atoms with E-state index in [2.05, 4.69) is 13.8 Å². The Labute approximate surface area is 226 Å². The van der Waals surface area contributed by atoms with E-state index in [4.69, 9.17) is 37.9 Å². The van der Waals surface area contributed by atoms with Gasteiger partial charge in [-0.3, -0.25) is 4.79 Å². The van der Waals surface area contributed by atoms with E-state index in [1.807, 2.05) is 0 Å². The van der Waals surface area contributed by atoms with Crippen LogP contribution in [-0.2, 0) is 42.7 Å². The molecule has 9 heteroatoms. The van der Waals surface area contributed by atoms with E-state index in [0.717, 1.165) is 38.7 Å². The minimum atomic E-state index is -0.144. The molecule has 0 aliphatic heterocycles. The van der Waals surface area contributed by atoms with Crippen LogP contribution in [0.3, 0.4) is 0 Å². The molecule has 0 N–H and O–H groups in total. The summed E-state index contributed by atoms with van der Waals surface area (Å²) in [4.78, 5) is 11.5. The van der Waals surface area contributed by atoms with Crippen molar-refractivity contribution in [3.8, 4) is 0 Å². The summed E-state index contributed by atoms with van der Waals surface area (Å²) < 4.78 is 43.4. The molecule has 0 aliphatic rings. The van der Waals surface area contributed by atoms with Crippen LogP contribution in [0.4, 0.5) is 0 Å². The minimum Gasteiger partial charge on any atom is -0.463 e. The third-order valence-corrected chi connectivity index (χ3v) is 5.35. The van der Waals surface area contributed by atoms with Gasteiger partial charge in [0, 0.05) is 13.0 Å². The lowest BCUT2D eigenvalue weighted by Gasteiger charge is -2.09. The Hall–Kier alpha value is -0.810. The van der Waals surface area contributed by atoms with Crippen LogP contribution in [0, 0.1) is 0 Å². The predicted molar refractivity (Wildman–Crippen MR) is 144 cm³/mol. The smallest absolute Gasteiger partial charge is 0.305 e. The lowest BCUT2D eigenvalue weighted by Crippen LogP contribution is -2.15. The van der Waals surface area contributed by atoms with Gasteiger partial charge in [0.2, 0.25) is 0 Å². The van der Waals surface area contributed by atoms with Crippen molar-refractivity contribution < 1.29 is 42.7 Å². The van der Waals surface area contributed by atoms with Crippen LogP contribution in [0.15, 0.2) is 0 Å². The Kier molecular flexibility index (Phi) is 32.5. The van der Waals surface area contributed by atoms with Gasteiger partial charge in [0.15, 0.2) is 0 Å². The van der Waals surface area contributed by atoms with Crippen molar-refractivity contribution in [2.24, 2.45) is 0 Å². The second kappa shape index (κ2) is 33.2. The predicted octanol–water partition coefficient (Wildman–Crippen LogP) is 4.59. The summed E-state index contributed by atoms with van der Waals surface area (Å²) in [5.74, 6) is -0.144. The van der Waals surface area contributed by atoms with Gasteiger partial charge >= 0.3 is 5.97 Å². The van der Waals surface area contributed by atoms with E-state index in [9.17, 15) is 4.79 Å². The van der Waals surface area contributed by atoms with Crippen LogP contribution >= 0.6 is 0 Å². The normalized spacial score (nSPS) is 11.3. The zero-order valence-electron chi connectivity index (χ0n) is 23.9. The molecule has 0 aromatic carbocycles. The van der Waals surface area contributed by atoms with E-state index >= 15 is 0 Å². The van der Waals surface area contributed by atoms with Gasteiger partial charge in [-0.15, -0.1) is 0 Å². The van der Waals surface area contributed by atoms with Crippen LogP contribution in [-0.4, -0.2) is 105 Å². The van der Waals surface area contributed by atoms with Gasteiger partial charge in [-0.1, -0.05) is 58.8 Å². The third kappa shape index (κ3) is 33.2. The summed E-state index contributed by atoms with van der Waals surface area (Å²) >= 11 is 0. The highest BCUT2D eigenvalue weighted by atomic mass is 16.6. The molecule has 0 aromatic rings. The average molecular weight is 537 g/mol. The summed E-state index contributed by atoms with van der Waals surface area (Å²) in [6.07, 6.45) is 11.1. The molecule has 0 rings (SSSR count). The molecule has 0 atom stereocenters. The first-order valence-corrected chi connectivity index (χ1v) is 14.5. The number of ether oxygens (including phenoxy) is 8. The average Bonchev–Trinajstić information content (AvgIpc) is 2.90. The number of rotatable bonds is 32. The van der Waals surface area contributed by atoms with Gasteiger partial charge in [0.25, 0.3) is 0 Å². The Bertz CT molecular complexity index is 438. The Morgan fingerprint density at radius 2 is 0.703 bits per heavy atom. The second-order valence-corrected chi connectivity index (χ2v) is 8.73. The topological polar surface area (TPSA) is 90.9 Å². The minimum absolute atomic E-state index is 0.144. The molecule has 9 nitrogen and oxygen atoms in total. The molecular weight excluding hydrogens is 480 g/mol. The first-order valence-electron chi connectivity index (χ1n) is 14.5. The molecule has 0 saturated carbocycles. The number of hydrogen-bond acceptors (Lipinski definition) is 9. The number of esters is 1. The summed E-state index contributed by atoms with van der Waals surface area (Å²) in [5.41, 5.74) is 0. The monoisotopic (exact) mass is 536 g/mol. The van der Waals surface area contributed by atoms with Crippen LogP contribution < -0.4 is 0 Å². The van der Waals surface area contributed by atoms with Crippen molar-refractivity contribution in [3.63, 3.8) is 0 Å². The molecule has 0 bridgehead atoms. The molecule has 37 heavy (non-hydrogen) atoms. The highest BCUT2D eigenvalue weighted by Gasteiger charge is 2.02. The standard InChI is InChI=1S/C28H56O9/c1-3-5-7-9-11-13-30-14-15-31-16-17-32-18-19-33-20-21-34-22-23-35-24-25-36-26-27-37-28(29)12-10-8-6-4-2/h3-27H2,1-2H3. The first-order chi connectivity index (χ1) is 18.3. The maximum absolute atomic E-state index is 11.5. The molecule has 0 saturated heterocycles. The van der Waals surface area contributed by atoms with Crippen LogP contribution in [0.1, 0.15) is 78.1 Å². The Morgan fingerprint density at radius 3 is 1.11 bits per heavy atom. The molecule has 0 unspecified atom stereocenters. The number of carbonyl (C=O) groups is 1. The molecule has 0 amide bonds. The first kappa shape index (κ1) is 36.2. The lowest BCUT2D eigenvalue weighted by molar-refractivity contribution is -0.145. The zero-order valence-corrected chi connectivity index (χ0v) is 23.9. The van der Waals surface area contributed by atoms with Gasteiger partial charge in [0.1, 0.15) is 6.61 Å². The lowest BCUT2D eigenvalue weighted by atomic mass is 10.2. The van der Waals surface area contributed by atoms with Gasteiger partial charge in [-0.05, 0) is 12.8 Å². The maximum Gasteiger partial charge on any atom is 0.305 e. The van der Waals surface area contributed by atoms with E-state index in [0.29, 0.717) is 98.9 Å². The fraction of sp³-hybridized carbons (Fsp3) is 0.964. The highest BCUT2D eigenvalue weighted by molar-refractivity contribution is 5.69. The van der Waals surface area contributed by atoms with Crippen molar-refractivity contribution in [2.45, 2.75) is 78.1 Å². The summed E-state index contributed by atoms with van der Waals surface area (Å²) in [6, 6.07) is 0. The Morgan fingerprint density at radius 1 is 0.378 bits per heavy atom. The van der Waals surface area contributed by atoms with Crippen molar-refractivity contribution in [2.75, 3.05) is 99.1 Å². The van der Waals surface area contributed by atoms with Crippen LogP contribution in [0.25, 0.3) is 0 Å². The van der Waals surface area contributed by atoms with Crippen molar-refractivity contribution in [1.29, 1.82) is 0 Å². The largest absolute Gasteiger partial charge is 0.463 e. The molecule has 0 heterocycles. The van der Waals surface area contributed by atoms with Gasteiger partial charge < -0.3 is 37.9 Å². The van der Waals surface area contributed by atoms with Gasteiger partial charge in [-0.25, -0.2) is 0 Å². The quantitative estimate of drug-likeness (QED) is 0.0904. The zero-order chi connectivity index (χ0) is 26.9.